The zero-order chi connectivity index (χ0) is 12.6. The molecule has 2 fully saturated rings. The van der Waals surface area contributed by atoms with Gasteiger partial charge in [-0.1, -0.05) is 32.0 Å². The highest BCUT2D eigenvalue weighted by molar-refractivity contribution is 7.80. The van der Waals surface area contributed by atoms with Crippen LogP contribution in [0, 0.1) is 11.8 Å². The van der Waals surface area contributed by atoms with Crippen molar-refractivity contribution >= 4 is 29.0 Å². The van der Waals surface area contributed by atoms with Crippen LogP contribution in [0.2, 0.25) is 0 Å². The highest BCUT2D eigenvalue weighted by atomic mass is 32.1. The molecule has 0 aromatic carbocycles. The highest BCUT2D eigenvalue weighted by Gasteiger charge is 2.50. The number of fused-ring (bicyclic) bond motifs is 1. The second kappa shape index (κ2) is 4.72. The zero-order valence-electron chi connectivity index (χ0n) is 10.0. The zero-order valence-corrected chi connectivity index (χ0v) is 10.8. The van der Waals surface area contributed by atoms with Gasteiger partial charge in [0.25, 0.3) is 0 Å². The molecule has 0 bridgehead atoms. The van der Waals surface area contributed by atoms with Gasteiger partial charge in [0.15, 0.2) is 0 Å². The van der Waals surface area contributed by atoms with E-state index in [9.17, 15) is 9.59 Å². The fourth-order valence-corrected chi connectivity index (χ4v) is 3.28. The molecule has 94 valence electrons. The molecule has 2 aliphatic rings. The number of nitrogens with zero attached hydrogens (tertiary/aromatic N) is 1. The Labute approximate surface area is 107 Å². The molecule has 1 aliphatic carbocycles. The van der Waals surface area contributed by atoms with Crippen molar-refractivity contribution in [3.05, 3.63) is 0 Å². The average molecular weight is 254 g/mol. The van der Waals surface area contributed by atoms with Crippen molar-refractivity contribution in [3.8, 4) is 0 Å². The van der Waals surface area contributed by atoms with E-state index in [0.29, 0.717) is 6.42 Å². The van der Waals surface area contributed by atoms with Gasteiger partial charge in [-0.25, -0.2) is 0 Å². The molecule has 0 aromatic rings. The van der Waals surface area contributed by atoms with Gasteiger partial charge in [-0.2, -0.15) is 0 Å². The van der Waals surface area contributed by atoms with Crippen molar-refractivity contribution in [2.45, 2.75) is 45.1 Å². The summed E-state index contributed by atoms with van der Waals surface area (Å²) in [5.74, 6) is -0.335. The van der Waals surface area contributed by atoms with E-state index in [0.717, 1.165) is 25.7 Å². The monoisotopic (exact) mass is 254 g/mol. The number of likely N-dealkylation sites (tertiary alicyclic amines) is 1. The maximum Gasteiger partial charge on any atom is 0.233 e. The van der Waals surface area contributed by atoms with Crippen molar-refractivity contribution in [2.24, 2.45) is 17.6 Å². The van der Waals surface area contributed by atoms with Gasteiger partial charge in [-0.3, -0.25) is 14.5 Å². The largest absolute Gasteiger partial charge is 0.392 e. The molecular weight excluding hydrogens is 236 g/mol. The Morgan fingerprint density at radius 2 is 1.82 bits per heavy atom. The lowest BCUT2D eigenvalue weighted by atomic mass is 9.81. The van der Waals surface area contributed by atoms with E-state index in [2.05, 4.69) is 0 Å². The third kappa shape index (κ3) is 1.97. The van der Waals surface area contributed by atoms with Gasteiger partial charge in [0.1, 0.15) is 0 Å². The van der Waals surface area contributed by atoms with E-state index < -0.39 is 6.04 Å². The summed E-state index contributed by atoms with van der Waals surface area (Å²) in [6, 6.07) is -0.393. The number of rotatable bonds is 3. The number of hydrogen-bond donors (Lipinski definition) is 1. The molecule has 1 heterocycles. The summed E-state index contributed by atoms with van der Waals surface area (Å²) in [5.41, 5.74) is 5.63. The van der Waals surface area contributed by atoms with Crippen molar-refractivity contribution in [2.75, 3.05) is 0 Å². The third-order valence-electron chi connectivity index (χ3n) is 3.90. The van der Waals surface area contributed by atoms with E-state index in [1.54, 1.807) is 0 Å². The molecule has 1 aliphatic heterocycles. The number of hydrogen-bond acceptors (Lipinski definition) is 3. The van der Waals surface area contributed by atoms with Crippen molar-refractivity contribution in [3.63, 3.8) is 0 Å². The standard InChI is InChI=1S/C12H18N2O2S/c1-2-9(10(13)17)14-11(15)7-5-3-4-6-8(7)12(14)16/h7-9H,2-6H2,1H3,(H2,13,17). The minimum absolute atomic E-state index is 0.0562. The Kier molecular flexibility index (Phi) is 3.47. The van der Waals surface area contributed by atoms with E-state index >= 15 is 0 Å². The number of thiocarbonyl (C=S) groups is 1. The lowest BCUT2D eigenvalue weighted by Crippen LogP contribution is -2.47. The van der Waals surface area contributed by atoms with Gasteiger partial charge in [0.2, 0.25) is 11.8 Å². The number of amides is 2. The first-order valence-corrected chi connectivity index (χ1v) is 6.65. The van der Waals surface area contributed by atoms with Gasteiger partial charge < -0.3 is 5.73 Å². The molecular formula is C12H18N2O2S. The first kappa shape index (κ1) is 12.5. The Balaban J connectivity index is 2.26. The summed E-state index contributed by atoms with van der Waals surface area (Å²) in [4.78, 5) is 26.1. The van der Waals surface area contributed by atoms with Crippen molar-refractivity contribution < 1.29 is 9.59 Å². The molecule has 3 unspecified atom stereocenters. The van der Waals surface area contributed by atoms with Crippen LogP contribution in [0.4, 0.5) is 0 Å². The van der Waals surface area contributed by atoms with Crippen molar-refractivity contribution in [1.29, 1.82) is 0 Å². The molecule has 17 heavy (non-hydrogen) atoms. The van der Waals surface area contributed by atoms with Crippen molar-refractivity contribution in [1.82, 2.24) is 4.90 Å². The van der Waals surface area contributed by atoms with Crippen LogP contribution < -0.4 is 5.73 Å². The fourth-order valence-electron chi connectivity index (χ4n) is 3.01. The molecule has 5 heteroatoms. The normalized spacial score (nSPS) is 30.3. The van der Waals surface area contributed by atoms with Crippen LogP contribution in [0.15, 0.2) is 0 Å². The van der Waals surface area contributed by atoms with Crippen LogP contribution >= 0.6 is 12.2 Å². The smallest absolute Gasteiger partial charge is 0.233 e. The second-order valence-electron chi connectivity index (χ2n) is 4.87. The average Bonchev–Trinajstić information content (AvgIpc) is 2.56. The fraction of sp³-hybridized carbons (Fsp3) is 0.750. The van der Waals surface area contributed by atoms with E-state index in [1.165, 1.54) is 4.90 Å². The second-order valence-corrected chi connectivity index (χ2v) is 5.34. The third-order valence-corrected chi connectivity index (χ3v) is 4.17. The van der Waals surface area contributed by atoms with Crippen LogP contribution in [-0.4, -0.2) is 27.7 Å². The summed E-state index contributed by atoms with van der Waals surface area (Å²) in [7, 11) is 0. The maximum atomic E-state index is 12.2. The molecule has 2 rings (SSSR count). The quantitative estimate of drug-likeness (QED) is 0.607. The van der Waals surface area contributed by atoms with Gasteiger partial charge in [0.05, 0.1) is 22.9 Å². The summed E-state index contributed by atoms with van der Waals surface area (Å²) in [6.07, 6.45) is 4.35. The van der Waals surface area contributed by atoms with Crippen LogP contribution in [0.1, 0.15) is 39.0 Å². The summed E-state index contributed by atoms with van der Waals surface area (Å²) in [6.45, 7) is 1.90. The van der Waals surface area contributed by atoms with Crippen LogP contribution in [0.25, 0.3) is 0 Å². The predicted octanol–water partition coefficient (Wildman–Crippen LogP) is 1.23. The Hall–Kier alpha value is -0.970. The van der Waals surface area contributed by atoms with Crippen LogP contribution in [0.3, 0.4) is 0 Å². The molecule has 2 amide bonds. The number of imide groups is 1. The SMILES string of the molecule is CCC(C(N)=S)N1C(=O)C2CCCCC2C1=O. The minimum Gasteiger partial charge on any atom is -0.392 e. The molecule has 2 N–H and O–H groups in total. The first-order chi connectivity index (χ1) is 8.07. The Bertz CT molecular complexity index is 346. The molecule has 4 nitrogen and oxygen atoms in total. The Morgan fingerprint density at radius 1 is 1.35 bits per heavy atom. The van der Waals surface area contributed by atoms with Gasteiger partial charge in [-0.05, 0) is 19.3 Å². The van der Waals surface area contributed by atoms with Gasteiger partial charge in [-0.15, -0.1) is 0 Å². The molecule has 1 saturated carbocycles. The van der Waals surface area contributed by atoms with E-state index in [1.807, 2.05) is 6.92 Å². The number of carbonyl (C=O) groups excluding carboxylic acids is 2. The molecule has 0 radical (unpaired) electrons. The van der Waals surface area contributed by atoms with Gasteiger partial charge in [0, 0.05) is 0 Å². The molecule has 3 atom stereocenters. The van der Waals surface area contributed by atoms with Crippen LogP contribution in [0.5, 0.6) is 0 Å². The molecule has 1 saturated heterocycles. The first-order valence-electron chi connectivity index (χ1n) is 6.24. The summed E-state index contributed by atoms with van der Waals surface area (Å²) < 4.78 is 0. The highest BCUT2D eigenvalue weighted by Crippen LogP contribution is 2.39. The lowest BCUT2D eigenvalue weighted by molar-refractivity contribution is -0.141. The van der Waals surface area contributed by atoms with Gasteiger partial charge >= 0.3 is 0 Å². The molecule has 0 aromatic heterocycles. The van der Waals surface area contributed by atoms with E-state index in [-0.39, 0.29) is 28.6 Å². The van der Waals surface area contributed by atoms with Crippen LogP contribution in [-0.2, 0) is 9.59 Å². The molecule has 0 spiro atoms. The number of carbonyl (C=O) groups is 2. The topological polar surface area (TPSA) is 63.4 Å². The minimum atomic E-state index is -0.393. The maximum absolute atomic E-state index is 12.2. The number of nitrogens with two attached hydrogens (primary N) is 1. The lowest BCUT2D eigenvalue weighted by Gasteiger charge is -2.24. The van der Waals surface area contributed by atoms with E-state index in [4.69, 9.17) is 18.0 Å². The summed E-state index contributed by atoms with van der Waals surface area (Å²) in [5, 5.41) is 0. The Morgan fingerprint density at radius 3 is 2.18 bits per heavy atom. The summed E-state index contributed by atoms with van der Waals surface area (Å²) >= 11 is 4.96. The predicted molar refractivity (Wildman–Crippen MR) is 68.2 cm³/mol.